The maximum absolute atomic E-state index is 13.3. The summed E-state index contributed by atoms with van der Waals surface area (Å²) in [5.74, 6) is -1.80. The molecular formula is C33H37N5O6. The molecule has 0 radical (unpaired) electrons. The number of nitrogens with two attached hydrogens (primary N) is 1. The van der Waals surface area contributed by atoms with Crippen LogP contribution in [0.1, 0.15) is 60.5 Å². The first-order valence-corrected chi connectivity index (χ1v) is 14.5. The van der Waals surface area contributed by atoms with E-state index in [1.165, 1.54) is 31.2 Å². The first-order valence-electron chi connectivity index (χ1n) is 14.5. The van der Waals surface area contributed by atoms with Gasteiger partial charge in [-0.05, 0) is 66.3 Å². The van der Waals surface area contributed by atoms with Crippen molar-refractivity contribution in [3.63, 3.8) is 0 Å². The highest BCUT2D eigenvalue weighted by Crippen LogP contribution is 2.44. The molecule has 0 spiro atoms. The number of amidine groups is 1. The Balaban J connectivity index is 1.38. The predicted molar refractivity (Wildman–Crippen MR) is 168 cm³/mol. The van der Waals surface area contributed by atoms with Gasteiger partial charge < -0.3 is 31.5 Å². The van der Waals surface area contributed by atoms with Crippen LogP contribution in [0.3, 0.4) is 0 Å². The number of nitrogens with zero attached hydrogens (tertiary/aromatic N) is 1. The molecule has 0 saturated carbocycles. The first kappa shape index (κ1) is 31.7. The molecule has 0 bridgehead atoms. The number of rotatable bonds is 13. The van der Waals surface area contributed by atoms with Gasteiger partial charge in [0, 0.05) is 24.6 Å². The van der Waals surface area contributed by atoms with E-state index >= 15 is 0 Å². The van der Waals surface area contributed by atoms with Gasteiger partial charge in [0.15, 0.2) is 0 Å². The van der Waals surface area contributed by atoms with Crippen LogP contribution in [0.4, 0.5) is 10.5 Å². The number of amides is 3. The third-order valence-electron chi connectivity index (χ3n) is 7.43. The van der Waals surface area contributed by atoms with Crippen molar-refractivity contribution in [2.75, 3.05) is 18.5 Å². The number of carbonyl (C=O) groups excluding carboxylic acids is 3. The summed E-state index contributed by atoms with van der Waals surface area (Å²) in [6, 6.07) is 19.7. The molecule has 0 fully saturated rings. The van der Waals surface area contributed by atoms with Crippen molar-refractivity contribution < 1.29 is 29.0 Å². The second-order valence-electron chi connectivity index (χ2n) is 10.5. The van der Waals surface area contributed by atoms with E-state index in [0.29, 0.717) is 30.9 Å². The van der Waals surface area contributed by atoms with Crippen LogP contribution in [0.2, 0.25) is 0 Å². The van der Waals surface area contributed by atoms with Crippen LogP contribution in [0, 0.1) is 0 Å². The van der Waals surface area contributed by atoms with Crippen LogP contribution < -0.4 is 21.7 Å². The Bertz CT molecular complexity index is 1490. The molecule has 3 amide bonds. The molecule has 0 heterocycles. The topological polar surface area (TPSA) is 172 Å². The molecule has 3 aromatic carbocycles. The van der Waals surface area contributed by atoms with Gasteiger partial charge in [-0.25, -0.2) is 9.59 Å². The molecule has 11 nitrogen and oxygen atoms in total. The third kappa shape index (κ3) is 8.00. The molecule has 3 aromatic rings. The molecule has 1 aliphatic rings. The Kier molecular flexibility index (Phi) is 10.7. The van der Waals surface area contributed by atoms with Crippen LogP contribution in [0.5, 0.6) is 0 Å². The van der Waals surface area contributed by atoms with Crippen molar-refractivity contribution in [3.8, 4) is 11.1 Å². The average Bonchev–Trinajstić information content (AvgIpc) is 3.35. The number of carboxylic acid groups (broad SMARTS) is 1. The summed E-state index contributed by atoms with van der Waals surface area (Å²) in [5, 5.41) is 17.0. The van der Waals surface area contributed by atoms with Crippen molar-refractivity contribution in [2.24, 2.45) is 10.7 Å². The van der Waals surface area contributed by atoms with Gasteiger partial charge in [-0.15, -0.1) is 0 Å². The predicted octanol–water partition coefficient (Wildman–Crippen LogP) is 4.28. The number of alkyl carbamates (subject to hydrolysis) is 1. The normalized spacial score (nSPS) is 13.6. The van der Waals surface area contributed by atoms with E-state index in [1.54, 1.807) is 0 Å². The Morgan fingerprint density at radius 3 is 2.11 bits per heavy atom. The van der Waals surface area contributed by atoms with Gasteiger partial charge in [0.1, 0.15) is 18.7 Å². The number of aromatic carboxylic acids is 1. The quantitative estimate of drug-likeness (QED) is 0.111. The van der Waals surface area contributed by atoms with Gasteiger partial charge in [-0.2, -0.15) is 0 Å². The monoisotopic (exact) mass is 599 g/mol. The number of hydrogen-bond donors (Lipinski definition) is 5. The standard InChI is InChI=1S/C33H37N5O6/c1-3-29(34)35-18-8-13-28(31(40)36-20(2)30(39)37-22-16-14-21(15-17-22)32(41)42)38-33(43)44-19-27-25-11-6-4-9-23(25)24-10-5-7-12-26(24)27/h4-7,9-12,14-17,20,27-28H,3,8,13,18-19H2,1-2H3,(H2,34,35)(H,36,40)(H,37,39)(H,38,43)(H,41,42)/t20-,28-/m1/s1. The minimum atomic E-state index is -1.08. The number of ether oxygens (including phenoxy) is 1. The largest absolute Gasteiger partial charge is 0.478 e. The van der Waals surface area contributed by atoms with E-state index in [1.807, 2.05) is 55.5 Å². The van der Waals surface area contributed by atoms with Crippen LogP contribution in [-0.2, 0) is 14.3 Å². The number of hydrogen-bond acceptors (Lipinski definition) is 6. The number of aliphatic imine (C=N–C) groups is 1. The molecule has 0 aromatic heterocycles. The van der Waals surface area contributed by atoms with Crippen molar-refractivity contribution in [3.05, 3.63) is 89.5 Å². The molecule has 44 heavy (non-hydrogen) atoms. The second kappa shape index (κ2) is 14.8. The molecule has 11 heteroatoms. The van der Waals surface area contributed by atoms with Gasteiger partial charge in [0.25, 0.3) is 0 Å². The highest BCUT2D eigenvalue weighted by molar-refractivity contribution is 5.98. The average molecular weight is 600 g/mol. The van der Waals surface area contributed by atoms with Gasteiger partial charge >= 0.3 is 12.1 Å². The van der Waals surface area contributed by atoms with Crippen LogP contribution in [0.25, 0.3) is 11.1 Å². The molecule has 0 aliphatic heterocycles. The highest BCUT2D eigenvalue weighted by Gasteiger charge is 2.30. The van der Waals surface area contributed by atoms with Crippen molar-refractivity contribution in [1.29, 1.82) is 0 Å². The fourth-order valence-electron chi connectivity index (χ4n) is 5.01. The number of carbonyl (C=O) groups is 4. The molecule has 2 atom stereocenters. The lowest BCUT2D eigenvalue weighted by atomic mass is 9.98. The molecule has 0 saturated heterocycles. The minimum absolute atomic E-state index is 0.0801. The Hall–Kier alpha value is -5.19. The molecule has 1 aliphatic carbocycles. The smallest absolute Gasteiger partial charge is 0.407 e. The lowest BCUT2D eigenvalue weighted by Gasteiger charge is -2.22. The van der Waals surface area contributed by atoms with Crippen molar-refractivity contribution in [1.82, 2.24) is 10.6 Å². The SMILES string of the molecule is CCC(N)=NCCC[C@@H](NC(=O)OCC1c2ccccc2-c2ccccc21)C(=O)N[C@H](C)C(=O)Nc1ccc(C(=O)O)cc1. The van der Waals surface area contributed by atoms with E-state index < -0.39 is 36.0 Å². The van der Waals surface area contributed by atoms with E-state index in [-0.39, 0.29) is 24.5 Å². The molecular weight excluding hydrogens is 562 g/mol. The lowest BCUT2D eigenvalue weighted by Crippen LogP contribution is -2.51. The zero-order valence-corrected chi connectivity index (χ0v) is 24.7. The summed E-state index contributed by atoms with van der Waals surface area (Å²) >= 11 is 0. The van der Waals surface area contributed by atoms with Crippen LogP contribution in [-0.4, -0.2) is 60.1 Å². The van der Waals surface area contributed by atoms with E-state index in [9.17, 15) is 19.2 Å². The summed E-state index contributed by atoms with van der Waals surface area (Å²) in [4.78, 5) is 54.3. The zero-order chi connectivity index (χ0) is 31.6. The fraction of sp³-hybridized carbons (Fsp3) is 0.303. The summed E-state index contributed by atoms with van der Waals surface area (Å²) in [7, 11) is 0. The van der Waals surface area contributed by atoms with E-state index in [4.69, 9.17) is 15.6 Å². The highest BCUT2D eigenvalue weighted by atomic mass is 16.5. The number of anilines is 1. The van der Waals surface area contributed by atoms with Gasteiger partial charge in [0.05, 0.1) is 11.4 Å². The summed E-state index contributed by atoms with van der Waals surface area (Å²) in [6.07, 6.45) is 0.549. The zero-order valence-electron chi connectivity index (χ0n) is 24.7. The van der Waals surface area contributed by atoms with Crippen molar-refractivity contribution in [2.45, 2.75) is 51.1 Å². The second-order valence-corrected chi connectivity index (χ2v) is 10.5. The Labute approximate surface area is 255 Å². The number of nitrogens with one attached hydrogen (secondary N) is 3. The Morgan fingerprint density at radius 1 is 0.909 bits per heavy atom. The van der Waals surface area contributed by atoms with Crippen LogP contribution in [0.15, 0.2) is 77.8 Å². The van der Waals surface area contributed by atoms with E-state index in [2.05, 4.69) is 20.9 Å². The van der Waals surface area contributed by atoms with Gasteiger partial charge in [-0.3, -0.25) is 14.6 Å². The molecule has 230 valence electrons. The summed E-state index contributed by atoms with van der Waals surface area (Å²) < 4.78 is 5.64. The molecule has 6 N–H and O–H groups in total. The fourth-order valence-corrected chi connectivity index (χ4v) is 5.01. The van der Waals surface area contributed by atoms with Gasteiger partial charge in [0.2, 0.25) is 11.8 Å². The lowest BCUT2D eigenvalue weighted by molar-refractivity contribution is -0.127. The Morgan fingerprint density at radius 2 is 1.52 bits per heavy atom. The number of fused-ring (bicyclic) bond motifs is 3. The minimum Gasteiger partial charge on any atom is -0.478 e. The molecule has 4 rings (SSSR count). The summed E-state index contributed by atoms with van der Waals surface area (Å²) in [6.45, 7) is 3.86. The van der Waals surface area contributed by atoms with Crippen LogP contribution >= 0.6 is 0 Å². The summed E-state index contributed by atoms with van der Waals surface area (Å²) in [5.41, 5.74) is 10.6. The maximum Gasteiger partial charge on any atom is 0.407 e. The van der Waals surface area contributed by atoms with E-state index in [0.717, 1.165) is 22.3 Å². The van der Waals surface area contributed by atoms with Gasteiger partial charge in [-0.1, -0.05) is 55.5 Å². The van der Waals surface area contributed by atoms with Crippen molar-refractivity contribution >= 4 is 35.4 Å². The number of carboxylic acids is 1. The maximum atomic E-state index is 13.3. The molecule has 0 unspecified atom stereocenters. The number of benzene rings is 3. The first-order chi connectivity index (χ1) is 21.2. The third-order valence-corrected chi connectivity index (χ3v) is 7.43.